The smallest absolute Gasteiger partial charge is 0.263 e. The Kier molecular flexibility index (Phi) is 3.69. The van der Waals surface area contributed by atoms with Gasteiger partial charge in [-0.2, -0.15) is 0 Å². The number of hydrogen-bond acceptors (Lipinski definition) is 4. The monoisotopic (exact) mass is 343 g/mol. The second kappa shape index (κ2) is 5.94. The van der Waals surface area contributed by atoms with Crippen LogP contribution in [-0.4, -0.2) is 34.6 Å². The number of nitrogens with one attached hydrogen (secondary N) is 2. The molecule has 6 nitrogen and oxygen atoms in total. The summed E-state index contributed by atoms with van der Waals surface area (Å²) in [5, 5.41) is 3.16. The molecule has 0 unspecified atom stereocenters. The van der Waals surface area contributed by atoms with Gasteiger partial charge in [0.15, 0.2) is 0 Å². The fourth-order valence-corrected chi connectivity index (χ4v) is 5.22. The van der Waals surface area contributed by atoms with Gasteiger partial charge in [-0.3, -0.25) is 9.59 Å². The van der Waals surface area contributed by atoms with Crippen LogP contribution in [0.2, 0.25) is 0 Å². The first-order chi connectivity index (χ1) is 12.2. The van der Waals surface area contributed by atoms with Crippen molar-refractivity contribution in [2.45, 2.75) is 63.0 Å². The standard InChI is InChI=1S/C19H25N3O3/c23-18(13-9-20-17(11-5-6-11)22-19(13)24)21-15-12-7-8-25-16(12)14(15)10-3-1-2-4-10/h9-12,14-16H,1-8H2,(H,21,23)(H,20,22,24)/t12-,14+,15+,16-/m0/s1. The molecular weight excluding hydrogens is 318 g/mol. The lowest BCUT2D eigenvalue weighted by molar-refractivity contribution is -0.0784. The van der Waals surface area contributed by atoms with E-state index in [4.69, 9.17) is 4.74 Å². The van der Waals surface area contributed by atoms with E-state index in [9.17, 15) is 9.59 Å². The van der Waals surface area contributed by atoms with Crippen molar-refractivity contribution in [3.63, 3.8) is 0 Å². The maximum Gasteiger partial charge on any atom is 0.263 e. The molecule has 1 aromatic heterocycles. The summed E-state index contributed by atoms with van der Waals surface area (Å²) in [5.74, 6) is 2.29. The summed E-state index contributed by atoms with van der Waals surface area (Å²) in [6.07, 6.45) is 9.95. The Hall–Kier alpha value is -1.69. The number of amides is 1. The number of aromatic amines is 1. The van der Waals surface area contributed by atoms with Crippen molar-refractivity contribution >= 4 is 5.91 Å². The first-order valence-corrected chi connectivity index (χ1v) is 9.74. The maximum absolute atomic E-state index is 12.7. The van der Waals surface area contributed by atoms with Crippen molar-refractivity contribution in [3.05, 3.63) is 27.9 Å². The van der Waals surface area contributed by atoms with E-state index in [2.05, 4.69) is 15.3 Å². The van der Waals surface area contributed by atoms with E-state index in [0.717, 1.165) is 31.7 Å². The molecule has 4 fully saturated rings. The molecule has 4 atom stereocenters. The Morgan fingerprint density at radius 2 is 2.00 bits per heavy atom. The van der Waals surface area contributed by atoms with Gasteiger partial charge in [0, 0.05) is 36.6 Å². The summed E-state index contributed by atoms with van der Waals surface area (Å²) in [5.41, 5.74) is -0.178. The van der Waals surface area contributed by atoms with E-state index in [-0.39, 0.29) is 23.1 Å². The van der Waals surface area contributed by atoms with E-state index in [1.54, 1.807) is 0 Å². The average molecular weight is 343 g/mol. The molecule has 25 heavy (non-hydrogen) atoms. The van der Waals surface area contributed by atoms with Crippen LogP contribution in [0.15, 0.2) is 11.0 Å². The fraction of sp³-hybridized carbons (Fsp3) is 0.737. The van der Waals surface area contributed by atoms with Crippen LogP contribution in [0.3, 0.4) is 0 Å². The minimum atomic E-state index is -0.314. The molecule has 1 aromatic rings. The zero-order valence-corrected chi connectivity index (χ0v) is 14.4. The first-order valence-electron chi connectivity index (χ1n) is 9.74. The van der Waals surface area contributed by atoms with Crippen LogP contribution in [0.1, 0.15) is 67.0 Å². The molecule has 0 bridgehead atoms. The molecule has 1 saturated heterocycles. The molecule has 5 rings (SSSR count). The van der Waals surface area contributed by atoms with Crippen molar-refractivity contribution in [1.82, 2.24) is 15.3 Å². The quantitative estimate of drug-likeness (QED) is 0.875. The van der Waals surface area contributed by atoms with Crippen LogP contribution in [0.4, 0.5) is 0 Å². The highest BCUT2D eigenvalue weighted by Gasteiger charge is 2.57. The van der Waals surface area contributed by atoms with E-state index in [1.807, 2.05) is 0 Å². The lowest BCUT2D eigenvalue weighted by Crippen LogP contribution is -2.63. The van der Waals surface area contributed by atoms with Gasteiger partial charge in [-0.25, -0.2) is 4.98 Å². The summed E-state index contributed by atoms with van der Waals surface area (Å²) >= 11 is 0. The van der Waals surface area contributed by atoms with Crippen LogP contribution in [0.5, 0.6) is 0 Å². The number of carbonyl (C=O) groups excluding carboxylic acids is 1. The third-order valence-electron chi connectivity index (χ3n) is 6.71. The SMILES string of the molecule is O=C(N[C@@H]1[C@@H]2CCO[C@@H]2[C@@H]1C1CCCC1)c1cnc(C2CC2)[nH]c1=O. The van der Waals surface area contributed by atoms with E-state index in [0.29, 0.717) is 29.8 Å². The lowest BCUT2D eigenvalue weighted by atomic mass is 9.61. The molecule has 0 radical (unpaired) electrons. The number of rotatable bonds is 4. The predicted molar refractivity (Wildman–Crippen MR) is 91.4 cm³/mol. The second-order valence-corrected chi connectivity index (χ2v) is 8.19. The number of hydrogen-bond donors (Lipinski definition) is 2. The molecule has 2 heterocycles. The van der Waals surface area contributed by atoms with Gasteiger partial charge in [-0.15, -0.1) is 0 Å². The topological polar surface area (TPSA) is 84.1 Å². The Morgan fingerprint density at radius 3 is 2.72 bits per heavy atom. The van der Waals surface area contributed by atoms with Gasteiger partial charge >= 0.3 is 0 Å². The number of nitrogens with zero attached hydrogens (tertiary/aromatic N) is 1. The van der Waals surface area contributed by atoms with Crippen LogP contribution >= 0.6 is 0 Å². The number of aromatic nitrogens is 2. The molecule has 134 valence electrons. The highest BCUT2D eigenvalue weighted by molar-refractivity contribution is 5.93. The first kappa shape index (κ1) is 15.6. The molecule has 2 N–H and O–H groups in total. The van der Waals surface area contributed by atoms with Gasteiger partial charge in [0.2, 0.25) is 0 Å². The van der Waals surface area contributed by atoms with Crippen molar-refractivity contribution in [1.29, 1.82) is 0 Å². The van der Waals surface area contributed by atoms with Gasteiger partial charge in [0.05, 0.1) is 6.10 Å². The molecule has 6 heteroatoms. The van der Waals surface area contributed by atoms with Gasteiger partial charge in [0.1, 0.15) is 11.4 Å². The zero-order valence-electron chi connectivity index (χ0n) is 14.4. The number of ether oxygens (including phenoxy) is 1. The lowest BCUT2D eigenvalue weighted by Gasteiger charge is -2.50. The van der Waals surface area contributed by atoms with Crippen LogP contribution < -0.4 is 10.9 Å². The molecular formula is C19H25N3O3. The molecule has 0 aromatic carbocycles. The molecule has 4 aliphatic rings. The van der Waals surface area contributed by atoms with E-state index < -0.39 is 0 Å². The second-order valence-electron chi connectivity index (χ2n) is 8.19. The Labute approximate surface area is 146 Å². The Bertz CT molecular complexity index is 731. The van der Waals surface area contributed by atoms with Gasteiger partial charge in [0.25, 0.3) is 11.5 Å². The minimum absolute atomic E-state index is 0.136. The third kappa shape index (κ3) is 2.62. The number of fused-ring (bicyclic) bond motifs is 1. The summed E-state index contributed by atoms with van der Waals surface area (Å²) in [4.78, 5) is 32.1. The van der Waals surface area contributed by atoms with Crippen molar-refractivity contribution in [3.8, 4) is 0 Å². The molecule has 1 amide bonds. The van der Waals surface area contributed by atoms with Gasteiger partial charge < -0.3 is 15.0 Å². The highest BCUT2D eigenvalue weighted by Crippen LogP contribution is 2.51. The minimum Gasteiger partial charge on any atom is -0.377 e. The highest BCUT2D eigenvalue weighted by atomic mass is 16.5. The third-order valence-corrected chi connectivity index (χ3v) is 6.71. The summed E-state index contributed by atoms with van der Waals surface area (Å²) in [7, 11) is 0. The van der Waals surface area contributed by atoms with E-state index >= 15 is 0 Å². The average Bonchev–Trinajstić information content (AvgIpc) is 3.17. The van der Waals surface area contributed by atoms with Crippen LogP contribution in [0, 0.1) is 17.8 Å². The molecule has 0 spiro atoms. The zero-order chi connectivity index (χ0) is 17.0. The van der Waals surface area contributed by atoms with E-state index in [1.165, 1.54) is 31.9 Å². The normalized spacial score (nSPS) is 34.6. The van der Waals surface area contributed by atoms with Crippen molar-refractivity contribution in [2.24, 2.45) is 17.8 Å². The maximum atomic E-state index is 12.7. The Balaban J connectivity index is 1.33. The fourth-order valence-electron chi connectivity index (χ4n) is 5.22. The van der Waals surface area contributed by atoms with Crippen molar-refractivity contribution in [2.75, 3.05) is 6.61 Å². The van der Waals surface area contributed by atoms with Crippen LogP contribution in [-0.2, 0) is 4.74 Å². The molecule has 3 aliphatic carbocycles. The largest absolute Gasteiger partial charge is 0.377 e. The van der Waals surface area contributed by atoms with Gasteiger partial charge in [-0.1, -0.05) is 25.7 Å². The van der Waals surface area contributed by atoms with Crippen molar-refractivity contribution < 1.29 is 9.53 Å². The summed E-state index contributed by atoms with van der Waals surface area (Å²) < 4.78 is 5.94. The number of H-pyrrole nitrogens is 1. The Morgan fingerprint density at radius 1 is 1.20 bits per heavy atom. The van der Waals surface area contributed by atoms with Gasteiger partial charge in [-0.05, 0) is 25.2 Å². The van der Waals surface area contributed by atoms with Crippen LogP contribution in [0.25, 0.3) is 0 Å². The predicted octanol–water partition coefficient (Wildman–Crippen LogP) is 1.97. The summed E-state index contributed by atoms with van der Waals surface area (Å²) in [6, 6.07) is 0.144. The summed E-state index contributed by atoms with van der Waals surface area (Å²) in [6.45, 7) is 0.795. The molecule has 3 saturated carbocycles. The number of carbonyl (C=O) groups is 1. The molecule has 1 aliphatic heterocycles.